The largest absolute Gasteiger partial charge is 0.496 e. The highest BCUT2D eigenvalue weighted by Crippen LogP contribution is 2.42. The lowest BCUT2D eigenvalue weighted by molar-refractivity contribution is 0.399. The van der Waals surface area contributed by atoms with Crippen LogP contribution in [0.15, 0.2) is 49.0 Å². The first-order valence-electron chi connectivity index (χ1n) is 8.12. The molecule has 0 aliphatic rings. The van der Waals surface area contributed by atoms with E-state index in [2.05, 4.69) is 83.7 Å². The van der Waals surface area contributed by atoms with E-state index < -0.39 is 0 Å². The van der Waals surface area contributed by atoms with Crippen LogP contribution in [0.5, 0.6) is 5.75 Å². The lowest BCUT2D eigenvalue weighted by atomic mass is 9.74. The summed E-state index contributed by atoms with van der Waals surface area (Å²) in [5.74, 6) is 0.918. The Bertz CT molecular complexity index is 688. The Balaban J connectivity index is 2.76. The minimum Gasteiger partial charge on any atom is -0.496 e. The molecule has 0 bridgehead atoms. The van der Waals surface area contributed by atoms with Crippen LogP contribution in [-0.4, -0.2) is 7.11 Å². The molecule has 0 unspecified atom stereocenters. The second kappa shape index (κ2) is 6.23. The molecule has 0 amide bonds. The third kappa shape index (κ3) is 3.34. The van der Waals surface area contributed by atoms with Crippen LogP contribution in [0.1, 0.15) is 56.9 Å². The second-order valence-electron chi connectivity index (χ2n) is 7.59. The van der Waals surface area contributed by atoms with Crippen molar-refractivity contribution in [3.63, 3.8) is 0 Å². The van der Waals surface area contributed by atoms with E-state index in [-0.39, 0.29) is 10.8 Å². The molecule has 1 nitrogen and oxygen atoms in total. The van der Waals surface area contributed by atoms with E-state index >= 15 is 0 Å². The van der Waals surface area contributed by atoms with Crippen LogP contribution in [0.3, 0.4) is 0 Å². The molecule has 0 saturated carbocycles. The molecule has 122 valence electrons. The smallest absolute Gasteiger partial charge is 0.130 e. The first kappa shape index (κ1) is 17.3. The van der Waals surface area contributed by atoms with Gasteiger partial charge >= 0.3 is 0 Å². The van der Waals surface area contributed by atoms with Crippen LogP contribution in [-0.2, 0) is 10.8 Å². The molecule has 0 N–H and O–H groups in total. The van der Waals surface area contributed by atoms with Crippen molar-refractivity contribution in [3.8, 4) is 5.75 Å². The van der Waals surface area contributed by atoms with Gasteiger partial charge in [-0.3, -0.25) is 0 Å². The Kier molecular flexibility index (Phi) is 4.70. The van der Waals surface area contributed by atoms with Crippen LogP contribution in [0.4, 0.5) is 0 Å². The Hall–Kier alpha value is -2.02. The fourth-order valence-corrected chi connectivity index (χ4v) is 2.94. The molecule has 0 radical (unpaired) electrons. The van der Waals surface area contributed by atoms with E-state index in [0.717, 1.165) is 11.3 Å². The number of ether oxygens (including phenoxy) is 1. The maximum absolute atomic E-state index is 5.77. The van der Waals surface area contributed by atoms with E-state index in [9.17, 15) is 0 Å². The summed E-state index contributed by atoms with van der Waals surface area (Å²) in [6.45, 7) is 15.2. The van der Waals surface area contributed by atoms with Gasteiger partial charge in [0.1, 0.15) is 5.75 Å². The molecule has 2 aromatic rings. The first-order chi connectivity index (χ1) is 10.7. The van der Waals surface area contributed by atoms with E-state index in [1.807, 2.05) is 6.08 Å². The average molecular weight is 308 g/mol. The predicted octanol–water partition coefficient (Wildman–Crippen LogP) is 5.96. The fourth-order valence-electron chi connectivity index (χ4n) is 2.94. The van der Waals surface area contributed by atoms with E-state index in [1.165, 1.54) is 16.7 Å². The van der Waals surface area contributed by atoms with Gasteiger partial charge in [-0.1, -0.05) is 83.7 Å². The number of rotatable bonds is 4. The van der Waals surface area contributed by atoms with Gasteiger partial charge in [0.15, 0.2) is 0 Å². The maximum Gasteiger partial charge on any atom is 0.130 e. The molecular weight excluding hydrogens is 280 g/mol. The summed E-state index contributed by atoms with van der Waals surface area (Å²) in [4.78, 5) is 0. The molecule has 0 aromatic heterocycles. The summed E-state index contributed by atoms with van der Waals surface area (Å²) in [7, 11) is 1.74. The molecule has 1 heteroatoms. The van der Waals surface area contributed by atoms with Gasteiger partial charge in [-0.15, -0.1) is 0 Å². The highest BCUT2D eigenvalue weighted by atomic mass is 16.5. The molecular formula is C22H28O. The molecule has 2 aromatic carbocycles. The molecule has 0 spiro atoms. The van der Waals surface area contributed by atoms with Crippen LogP contribution >= 0.6 is 0 Å². The number of hydrogen-bond donors (Lipinski definition) is 0. The van der Waals surface area contributed by atoms with Gasteiger partial charge in [-0.25, -0.2) is 0 Å². The standard InChI is InChI=1S/C22H28O/c1-8-16-14-18(21(2,3)4)15-19(20(16)23-7)22(5,6)17-12-10-9-11-13-17/h8-15H,1H2,2-7H3. The van der Waals surface area contributed by atoms with Crippen molar-refractivity contribution in [1.82, 2.24) is 0 Å². The summed E-state index contributed by atoms with van der Waals surface area (Å²) in [5, 5.41) is 0. The molecule has 23 heavy (non-hydrogen) atoms. The summed E-state index contributed by atoms with van der Waals surface area (Å²) >= 11 is 0. The van der Waals surface area contributed by atoms with Crippen molar-refractivity contribution in [3.05, 3.63) is 71.3 Å². The quantitative estimate of drug-likeness (QED) is 0.677. The maximum atomic E-state index is 5.77. The molecule has 0 heterocycles. The van der Waals surface area contributed by atoms with E-state index in [4.69, 9.17) is 4.74 Å². The zero-order valence-corrected chi connectivity index (χ0v) is 15.2. The zero-order chi connectivity index (χ0) is 17.3. The Morgan fingerprint density at radius 3 is 2.00 bits per heavy atom. The van der Waals surface area contributed by atoms with Crippen LogP contribution in [0, 0.1) is 0 Å². The summed E-state index contributed by atoms with van der Waals surface area (Å²) in [6, 6.07) is 15.1. The van der Waals surface area contributed by atoms with Gasteiger partial charge < -0.3 is 4.74 Å². The van der Waals surface area contributed by atoms with Crippen molar-refractivity contribution >= 4 is 6.08 Å². The van der Waals surface area contributed by atoms with Crippen molar-refractivity contribution in [1.29, 1.82) is 0 Å². The molecule has 0 atom stereocenters. The number of methoxy groups -OCH3 is 1. The molecule has 0 saturated heterocycles. The fraction of sp³-hybridized carbons (Fsp3) is 0.364. The lowest BCUT2D eigenvalue weighted by Crippen LogP contribution is -2.22. The molecule has 2 rings (SSSR count). The van der Waals surface area contributed by atoms with E-state index in [1.54, 1.807) is 7.11 Å². The van der Waals surface area contributed by atoms with Crippen molar-refractivity contribution in [2.24, 2.45) is 0 Å². The summed E-state index contributed by atoms with van der Waals surface area (Å²) < 4.78 is 5.77. The lowest BCUT2D eigenvalue weighted by Gasteiger charge is -2.31. The van der Waals surface area contributed by atoms with Gasteiger partial charge in [0, 0.05) is 16.5 Å². The first-order valence-corrected chi connectivity index (χ1v) is 8.12. The van der Waals surface area contributed by atoms with Gasteiger partial charge in [-0.05, 0) is 22.6 Å². The van der Waals surface area contributed by atoms with Crippen molar-refractivity contribution < 1.29 is 4.74 Å². The molecule has 0 aliphatic heterocycles. The normalized spacial score (nSPS) is 12.1. The number of benzene rings is 2. The Labute approximate surface area is 141 Å². The average Bonchev–Trinajstić information content (AvgIpc) is 2.53. The van der Waals surface area contributed by atoms with Crippen LogP contribution in [0.25, 0.3) is 6.08 Å². The SMILES string of the molecule is C=Cc1cc(C(C)(C)C)cc(C(C)(C)c2ccccc2)c1OC. The van der Waals surface area contributed by atoms with Gasteiger partial charge in [-0.2, -0.15) is 0 Å². The highest BCUT2D eigenvalue weighted by Gasteiger charge is 2.29. The Morgan fingerprint density at radius 1 is 0.913 bits per heavy atom. The van der Waals surface area contributed by atoms with Crippen molar-refractivity contribution in [2.45, 2.75) is 45.4 Å². The van der Waals surface area contributed by atoms with Crippen LogP contribution < -0.4 is 4.74 Å². The Morgan fingerprint density at radius 2 is 1.52 bits per heavy atom. The molecule has 0 aliphatic carbocycles. The topological polar surface area (TPSA) is 9.23 Å². The van der Waals surface area contributed by atoms with Gasteiger partial charge in [0.25, 0.3) is 0 Å². The minimum absolute atomic E-state index is 0.0749. The third-order valence-electron chi connectivity index (χ3n) is 4.58. The van der Waals surface area contributed by atoms with Gasteiger partial charge in [0.2, 0.25) is 0 Å². The van der Waals surface area contributed by atoms with Crippen molar-refractivity contribution in [2.75, 3.05) is 7.11 Å². The van der Waals surface area contributed by atoms with E-state index in [0.29, 0.717) is 0 Å². The summed E-state index contributed by atoms with van der Waals surface area (Å²) in [5.41, 5.74) is 4.76. The summed E-state index contributed by atoms with van der Waals surface area (Å²) in [6.07, 6.45) is 1.89. The predicted molar refractivity (Wildman–Crippen MR) is 100 cm³/mol. The van der Waals surface area contributed by atoms with Crippen LogP contribution in [0.2, 0.25) is 0 Å². The number of hydrogen-bond acceptors (Lipinski definition) is 1. The third-order valence-corrected chi connectivity index (χ3v) is 4.58. The second-order valence-corrected chi connectivity index (χ2v) is 7.59. The zero-order valence-electron chi connectivity index (χ0n) is 15.2. The van der Waals surface area contributed by atoms with Gasteiger partial charge in [0.05, 0.1) is 7.11 Å². The highest BCUT2D eigenvalue weighted by molar-refractivity contribution is 5.63. The monoisotopic (exact) mass is 308 g/mol. The molecule has 0 fully saturated rings. The minimum atomic E-state index is -0.147.